The van der Waals surface area contributed by atoms with Crippen LogP contribution in [0.4, 0.5) is 0 Å². The maximum atomic E-state index is 5.41. The molecule has 96 valence electrons. The summed E-state index contributed by atoms with van der Waals surface area (Å²) in [4.78, 5) is 4.25. The Labute approximate surface area is 112 Å². The zero-order valence-corrected chi connectivity index (χ0v) is 11.4. The predicted molar refractivity (Wildman–Crippen MR) is 75.1 cm³/mol. The first-order valence-corrected chi connectivity index (χ1v) is 7.07. The van der Waals surface area contributed by atoms with E-state index in [1.165, 1.54) is 10.6 Å². The van der Waals surface area contributed by atoms with Crippen LogP contribution >= 0.6 is 11.3 Å². The number of rotatable bonds is 7. The number of benzene rings is 1. The largest absolute Gasteiger partial charge is 0.494 e. The van der Waals surface area contributed by atoms with Crippen molar-refractivity contribution in [1.82, 2.24) is 10.3 Å². The van der Waals surface area contributed by atoms with Crippen molar-refractivity contribution < 1.29 is 4.74 Å². The molecule has 0 amide bonds. The highest BCUT2D eigenvalue weighted by molar-refractivity contribution is 7.09. The molecular weight excluding hydrogens is 244 g/mol. The first kappa shape index (κ1) is 13.1. The fourth-order valence-corrected chi connectivity index (χ4v) is 2.30. The van der Waals surface area contributed by atoms with Gasteiger partial charge >= 0.3 is 0 Å². The number of nitrogens with one attached hydrogen (secondary N) is 1. The quantitative estimate of drug-likeness (QED) is 0.779. The van der Waals surface area contributed by atoms with Crippen molar-refractivity contribution in [2.24, 2.45) is 0 Å². The van der Waals surface area contributed by atoms with Gasteiger partial charge in [-0.25, -0.2) is 4.98 Å². The number of hydrogen-bond donors (Lipinski definition) is 1. The average molecular weight is 262 g/mol. The van der Waals surface area contributed by atoms with Gasteiger partial charge in [-0.05, 0) is 24.6 Å². The van der Waals surface area contributed by atoms with Crippen LogP contribution in [0.2, 0.25) is 0 Å². The molecule has 0 saturated heterocycles. The Balaban J connectivity index is 1.69. The molecule has 0 radical (unpaired) electrons. The smallest absolute Gasteiger partial charge is 0.119 e. The summed E-state index contributed by atoms with van der Waals surface area (Å²) >= 11 is 1.71. The molecule has 18 heavy (non-hydrogen) atoms. The molecule has 0 aliphatic rings. The van der Waals surface area contributed by atoms with Crippen LogP contribution in [0.15, 0.2) is 35.8 Å². The van der Waals surface area contributed by atoms with Crippen LogP contribution in [0, 0.1) is 0 Å². The van der Waals surface area contributed by atoms with E-state index in [-0.39, 0.29) is 0 Å². The molecule has 0 fully saturated rings. The summed E-state index contributed by atoms with van der Waals surface area (Å²) in [5.74, 6) is 0.934. The minimum atomic E-state index is 0.714. The molecule has 2 aromatic rings. The second kappa shape index (κ2) is 7.13. The van der Waals surface area contributed by atoms with Gasteiger partial charge in [-0.15, -0.1) is 11.3 Å². The van der Waals surface area contributed by atoms with Gasteiger partial charge in [0, 0.05) is 31.1 Å². The van der Waals surface area contributed by atoms with Crippen LogP contribution in [-0.4, -0.2) is 18.1 Å². The maximum Gasteiger partial charge on any atom is 0.119 e. The molecule has 0 aliphatic carbocycles. The Hall–Kier alpha value is -1.39. The number of ether oxygens (including phenoxy) is 1. The Kier molecular flexibility index (Phi) is 5.17. The lowest BCUT2D eigenvalue weighted by Crippen LogP contribution is -2.16. The third-order valence-corrected chi connectivity index (χ3v) is 3.40. The zero-order chi connectivity index (χ0) is 12.6. The summed E-state index contributed by atoms with van der Waals surface area (Å²) in [6.45, 7) is 4.55. The van der Waals surface area contributed by atoms with Crippen LogP contribution in [0.1, 0.15) is 17.5 Å². The number of hydrogen-bond acceptors (Lipinski definition) is 4. The van der Waals surface area contributed by atoms with Crippen molar-refractivity contribution >= 4 is 11.3 Å². The third kappa shape index (κ3) is 4.13. The Morgan fingerprint density at radius 1 is 1.28 bits per heavy atom. The lowest BCUT2D eigenvalue weighted by atomic mass is 10.2. The molecule has 1 N–H and O–H groups in total. The van der Waals surface area contributed by atoms with Gasteiger partial charge < -0.3 is 10.1 Å². The maximum absolute atomic E-state index is 5.41. The van der Waals surface area contributed by atoms with E-state index in [1.54, 1.807) is 11.3 Å². The van der Waals surface area contributed by atoms with E-state index in [2.05, 4.69) is 22.4 Å². The molecule has 1 aromatic heterocycles. The van der Waals surface area contributed by atoms with E-state index in [0.717, 1.165) is 25.3 Å². The highest BCUT2D eigenvalue weighted by Gasteiger charge is 1.97. The molecule has 1 heterocycles. The highest BCUT2D eigenvalue weighted by atomic mass is 32.1. The van der Waals surface area contributed by atoms with E-state index in [9.17, 15) is 0 Å². The SMILES string of the molecule is CCOc1ccc(CNCCc2nccs2)cc1. The van der Waals surface area contributed by atoms with Crippen molar-refractivity contribution in [3.63, 3.8) is 0 Å². The van der Waals surface area contributed by atoms with E-state index in [4.69, 9.17) is 4.74 Å². The summed E-state index contributed by atoms with van der Waals surface area (Å²) in [5.41, 5.74) is 1.28. The normalized spacial score (nSPS) is 10.5. The Morgan fingerprint density at radius 3 is 2.78 bits per heavy atom. The van der Waals surface area contributed by atoms with Gasteiger partial charge in [-0.1, -0.05) is 12.1 Å². The number of thiazole rings is 1. The number of nitrogens with zero attached hydrogens (tertiary/aromatic N) is 1. The molecule has 0 spiro atoms. The first-order chi connectivity index (χ1) is 8.88. The third-order valence-electron chi connectivity index (χ3n) is 2.56. The lowest BCUT2D eigenvalue weighted by Gasteiger charge is -2.06. The summed E-state index contributed by atoms with van der Waals surface area (Å²) in [5, 5.41) is 6.62. The molecule has 1 aromatic carbocycles. The zero-order valence-electron chi connectivity index (χ0n) is 10.6. The van der Waals surface area contributed by atoms with Crippen molar-refractivity contribution in [2.45, 2.75) is 19.9 Å². The second-order valence-corrected chi connectivity index (χ2v) is 4.91. The summed E-state index contributed by atoms with van der Waals surface area (Å²) in [6.07, 6.45) is 2.85. The molecular formula is C14H18N2OS. The monoisotopic (exact) mass is 262 g/mol. The highest BCUT2D eigenvalue weighted by Crippen LogP contribution is 2.11. The van der Waals surface area contributed by atoms with Gasteiger partial charge in [0.05, 0.1) is 11.6 Å². The molecule has 0 aliphatic heterocycles. The van der Waals surface area contributed by atoms with Gasteiger partial charge in [0.25, 0.3) is 0 Å². The topological polar surface area (TPSA) is 34.1 Å². The van der Waals surface area contributed by atoms with Gasteiger partial charge in [0.15, 0.2) is 0 Å². The van der Waals surface area contributed by atoms with Crippen LogP contribution in [0.5, 0.6) is 5.75 Å². The lowest BCUT2D eigenvalue weighted by molar-refractivity contribution is 0.340. The van der Waals surface area contributed by atoms with Crippen LogP contribution < -0.4 is 10.1 Å². The van der Waals surface area contributed by atoms with E-state index in [1.807, 2.05) is 30.6 Å². The molecule has 2 rings (SSSR count). The Morgan fingerprint density at radius 2 is 2.11 bits per heavy atom. The van der Waals surface area contributed by atoms with Crippen LogP contribution in [0.3, 0.4) is 0 Å². The Bertz CT molecular complexity index is 439. The minimum Gasteiger partial charge on any atom is -0.494 e. The predicted octanol–water partition coefficient (Wildman–Crippen LogP) is 2.87. The molecule has 4 heteroatoms. The standard InChI is InChI=1S/C14H18N2OS/c1-2-17-13-5-3-12(4-6-13)11-15-8-7-14-16-9-10-18-14/h3-6,9-10,15H,2,7-8,11H2,1H3. The summed E-state index contributed by atoms with van der Waals surface area (Å²) in [6, 6.07) is 8.23. The van der Waals surface area contributed by atoms with Gasteiger partial charge in [0.1, 0.15) is 5.75 Å². The van der Waals surface area contributed by atoms with E-state index in [0.29, 0.717) is 6.61 Å². The van der Waals surface area contributed by atoms with Gasteiger partial charge in [-0.2, -0.15) is 0 Å². The van der Waals surface area contributed by atoms with Crippen molar-refractivity contribution in [1.29, 1.82) is 0 Å². The molecule has 0 saturated carbocycles. The molecule has 0 bridgehead atoms. The average Bonchev–Trinajstić information content (AvgIpc) is 2.90. The van der Waals surface area contributed by atoms with Crippen LogP contribution in [-0.2, 0) is 13.0 Å². The van der Waals surface area contributed by atoms with Gasteiger partial charge in [-0.3, -0.25) is 0 Å². The van der Waals surface area contributed by atoms with E-state index < -0.39 is 0 Å². The molecule has 3 nitrogen and oxygen atoms in total. The van der Waals surface area contributed by atoms with Crippen molar-refractivity contribution in [3.05, 3.63) is 46.4 Å². The van der Waals surface area contributed by atoms with Crippen molar-refractivity contribution in [3.8, 4) is 5.75 Å². The molecule has 0 atom stereocenters. The van der Waals surface area contributed by atoms with E-state index >= 15 is 0 Å². The summed E-state index contributed by atoms with van der Waals surface area (Å²) < 4.78 is 5.41. The second-order valence-electron chi connectivity index (χ2n) is 3.93. The van der Waals surface area contributed by atoms with Gasteiger partial charge in [0.2, 0.25) is 0 Å². The fraction of sp³-hybridized carbons (Fsp3) is 0.357. The molecule has 0 unspecified atom stereocenters. The fourth-order valence-electron chi connectivity index (χ4n) is 1.67. The first-order valence-electron chi connectivity index (χ1n) is 6.19. The summed E-state index contributed by atoms with van der Waals surface area (Å²) in [7, 11) is 0. The van der Waals surface area contributed by atoms with Crippen molar-refractivity contribution in [2.75, 3.05) is 13.2 Å². The number of aromatic nitrogens is 1. The van der Waals surface area contributed by atoms with Crippen LogP contribution in [0.25, 0.3) is 0 Å². The minimum absolute atomic E-state index is 0.714.